The van der Waals surface area contributed by atoms with E-state index in [-0.39, 0.29) is 28.5 Å². The molecule has 2 aliphatic rings. The topological polar surface area (TPSA) is 99.1 Å². The summed E-state index contributed by atoms with van der Waals surface area (Å²) >= 11 is 0. The van der Waals surface area contributed by atoms with Crippen molar-refractivity contribution in [2.75, 3.05) is 26.2 Å². The number of benzene rings is 1. The second kappa shape index (κ2) is 8.61. The second-order valence-corrected chi connectivity index (χ2v) is 10.9. The summed E-state index contributed by atoms with van der Waals surface area (Å²) in [6, 6.07) is 5.95. The lowest BCUT2D eigenvalue weighted by molar-refractivity contribution is -0.145. The number of piperazine rings is 1. The number of hydrogen-bond donors (Lipinski definition) is 1. The highest BCUT2D eigenvalue weighted by Gasteiger charge is 2.36. The van der Waals surface area contributed by atoms with Gasteiger partial charge < -0.3 is 9.80 Å². The van der Waals surface area contributed by atoms with Gasteiger partial charge in [-0.05, 0) is 18.1 Å². The zero-order valence-corrected chi connectivity index (χ0v) is 19.7. The van der Waals surface area contributed by atoms with Crippen molar-refractivity contribution in [1.82, 2.24) is 14.5 Å². The Morgan fingerprint density at radius 2 is 1.68 bits per heavy atom. The first kappa shape index (κ1) is 23.2. The number of carbonyl (C=O) groups excluding carboxylic acids is 2. The highest BCUT2D eigenvalue weighted by molar-refractivity contribution is 7.90. The fourth-order valence-corrected chi connectivity index (χ4v) is 5.05. The van der Waals surface area contributed by atoms with Crippen LogP contribution in [0.25, 0.3) is 0 Å². The third-order valence-electron chi connectivity index (χ3n) is 5.89. The molecule has 0 saturated carbocycles. The molecule has 1 N–H and O–H groups in total. The molecule has 0 unspecified atom stereocenters. The average molecular weight is 449 g/mol. The van der Waals surface area contributed by atoms with Gasteiger partial charge in [-0.1, -0.05) is 53.2 Å². The van der Waals surface area contributed by atoms with Gasteiger partial charge in [-0.2, -0.15) is 0 Å². The van der Waals surface area contributed by atoms with Crippen LogP contribution in [0, 0.1) is 11.3 Å². The summed E-state index contributed by atoms with van der Waals surface area (Å²) in [5, 5.41) is 0. The normalized spacial score (nSPS) is 21.4. The van der Waals surface area contributed by atoms with Gasteiger partial charge in [0.25, 0.3) is 10.0 Å². The molecule has 2 amide bonds. The van der Waals surface area contributed by atoms with Gasteiger partial charge in [0.2, 0.25) is 11.8 Å². The van der Waals surface area contributed by atoms with Gasteiger partial charge >= 0.3 is 0 Å². The summed E-state index contributed by atoms with van der Waals surface area (Å²) in [6.07, 6.45) is 0.726. The van der Waals surface area contributed by atoms with Crippen LogP contribution in [0.4, 0.5) is 0 Å². The maximum atomic E-state index is 13.4. The van der Waals surface area contributed by atoms with Crippen molar-refractivity contribution in [2.24, 2.45) is 16.3 Å². The lowest BCUT2D eigenvalue weighted by atomic mass is 9.94. The number of amidine groups is 1. The number of hydrogen-bond acceptors (Lipinski definition) is 5. The quantitative estimate of drug-likeness (QED) is 0.760. The van der Waals surface area contributed by atoms with E-state index in [1.165, 1.54) is 6.07 Å². The smallest absolute Gasteiger partial charge is 0.263 e. The minimum atomic E-state index is -3.66. The van der Waals surface area contributed by atoms with E-state index in [1.807, 2.05) is 34.6 Å². The number of aliphatic imine (C=N–C) groups is 1. The molecule has 9 heteroatoms. The van der Waals surface area contributed by atoms with Crippen LogP contribution in [-0.2, 0) is 19.6 Å². The molecule has 0 spiro atoms. The first-order chi connectivity index (χ1) is 14.5. The molecule has 2 aliphatic heterocycles. The maximum Gasteiger partial charge on any atom is 0.263 e. The molecule has 0 aromatic heterocycles. The van der Waals surface area contributed by atoms with Gasteiger partial charge in [0, 0.05) is 37.2 Å². The number of rotatable bonds is 4. The number of nitrogens with one attached hydrogen (secondary N) is 1. The summed E-state index contributed by atoms with van der Waals surface area (Å²) in [5.41, 5.74) is 0.0361. The van der Waals surface area contributed by atoms with E-state index >= 15 is 0 Å². The molecule has 1 fully saturated rings. The van der Waals surface area contributed by atoms with Crippen molar-refractivity contribution in [1.29, 1.82) is 0 Å². The first-order valence-electron chi connectivity index (χ1n) is 10.7. The highest BCUT2D eigenvalue weighted by Crippen LogP contribution is 2.25. The average Bonchev–Trinajstić information content (AvgIpc) is 3.00. The second-order valence-electron chi connectivity index (χ2n) is 9.28. The zero-order valence-electron chi connectivity index (χ0n) is 18.9. The predicted molar refractivity (Wildman–Crippen MR) is 119 cm³/mol. The SMILES string of the molecule is CC[C@H](C)[C@H](N=C1NS(=O)(=O)c2ccccc21)C(=O)N1CCN(C(=O)C(C)(C)C)CC1. The third-order valence-corrected chi connectivity index (χ3v) is 7.28. The minimum Gasteiger partial charge on any atom is -0.339 e. The molecule has 0 aliphatic carbocycles. The van der Waals surface area contributed by atoms with Gasteiger partial charge in [-0.15, -0.1) is 0 Å². The third kappa shape index (κ3) is 4.76. The highest BCUT2D eigenvalue weighted by atomic mass is 32.2. The van der Waals surface area contributed by atoms with Gasteiger partial charge in [0.15, 0.2) is 0 Å². The van der Waals surface area contributed by atoms with E-state index in [1.54, 1.807) is 28.0 Å². The lowest BCUT2D eigenvalue weighted by Gasteiger charge is -2.39. The van der Waals surface area contributed by atoms with Crippen molar-refractivity contribution >= 4 is 27.7 Å². The van der Waals surface area contributed by atoms with Crippen molar-refractivity contribution in [3.63, 3.8) is 0 Å². The molecular formula is C22H32N4O4S. The number of sulfonamides is 1. The standard InChI is InChI=1S/C22H32N4O4S/c1-6-15(2)18(23-19-16-9-7-8-10-17(16)31(29,30)24-19)20(27)25-11-13-26(14-12-25)21(28)22(3,4)5/h7-10,15,18H,6,11-14H2,1-5H3,(H,23,24)/t15-,18-/m0/s1. The Labute approximate surface area is 184 Å². The molecule has 31 heavy (non-hydrogen) atoms. The molecule has 0 radical (unpaired) electrons. The summed E-state index contributed by atoms with van der Waals surface area (Å²) in [6.45, 7) is 11.5. The van der Waals surface area contributed by atoms with Crippen LogP contribution < -0.4 is 4.72 Å². The molecule has 3 rings (SSSR count). The Balaban J connectivity index is 1.81. The van der Waals surface area contributed by atoms with Crippen molar-refractivity contribution < 1.29 is 18.0 Å². The van der Waals surface area contributed by atoms with E-state index < -0.39 is 21.5 Å². The monoisotopic (exact) mass is 448 g/mol. The van der Waals surface area contributed by atoms with E-state index in [9.17, 15) is 18.0 Å². The van der Waals surface area contributed by atoms with Crippen LogP contribution in [0.2, 0.25) is 0 Å². The Hall–Kier alpha value is -2.42. The van der Waals surface area contributed by atoms with E-state index in [0.717, 1.165) is 6.42 Å². The summed E-state index contributed by atoms with van der Waals surface area (Å²) in [7, 11) is -3.66. The molecule has 2 heterocycles. The van der Waals surface area contributed by atoms with Crippen LogP contribution in [0.15, 0.2) is 34.2 Å². The van der Waals surface area contributed by atoms with E-state index in [2.05, 4.69) is 9.71 Å². The molecule has 8 nitrogen and oxygen atoms in total. The minimum absolute atomic E-state index is 0.0634. The predicted octanol–water partition coefficient (Wildman–Crippen LogP) is 1.86. The van der Waals surface area contributed by atoms with Crippen LogP contribution in [0.5, 0.6) is 0 Å². The molecule has 0 bridgehead atoms. The number of carbonyl (C=O) groups is 2. The largest absolute Gasteiger partial charge is 0.339 e. The number of nitrogens with zero attached hydrogens (tertiary/aromatic N) is 3. The Morgan fingerprint density at radius 3 is 2.26 bits per heavy atom. The molecule has 1 aromatic rings. The fourth-order valence-electron chi connectivity index (χ4n) is 3.81. The summed E-state index contributed by atoms with van der Waals surface area (Å²) < 4.78 is 27.3. The molecular weight excluding hydrogens is 416 g/mol. The Morgan fingerprint density at radius 1 is 1.10 bits per heavy atom. The van der Waals surface area contributed by atoms with E-state index in [0.29, 0.717) is 31.7 Å². The van der Waals surface area contributed by atoms with Crippen molar-refractivity contribution in [3.8, 4) is 0 Å². The molecule has 1 saturated heterocycles. The maximum absolute atomic E-state index is 13.4. The van der Waals surface area contributed by atoms with Gasteiger partial charge in [-0.25, -0.2) is 8.42 Å². The van der Waals surface area contributed by atoms with Crippen molar-refractivity contribution in [2.45, 2.75) is 52.0 Å². The van der Waals surface area contributed by atoms with Crippen LogP contribution in [0.3, 0.4) is 0 Å². The molecule has 170 valence electrons. The zero-order chi connectivity index (χ0) is 23.0. The number of fused-ring (bicyclic) bond motifs is 1. The summed E-state index contributed by atoms with van der Waals surface area (Å²) in [4.78, 5) is 34.2. The van der Waals surface area contributed by atoms with Crippen LogP contribution in [-0.4, -0.2) is 68.1 Å². The van der Waals surface area contributed by atoms with Gasteiger partial charge in [0.1, 0.15) is 11.9 Å². The number of amides is 2. The van der Waals surface area contributed by atoms with Gasteiger partial charge in [0.05, 0.1) is 4.90 Å². The van der Waals surface area contributed by atoms with Crippen LogP contribution in [0.1, 0.15) is 46.6 Å². The van der Waals surface area contributed by atoms with Crippen LogP contribution >= 0.6 is 0 Å². The Kier molecular flexibility index (Phi) is 6.45. The lowest BCUT2D eigenvalue weighted by Crippen LogP contribution is -2.55. The first-order valence-corrected chi connectivity index (χ1v) is 12.2. The van der Waals surface area contributed by atoms with E-state index in [4.69, 9.17) is 0 Å². The van der Waals surface area contributed by atoms with Crippen molar-refractivity contribution in [3.05, 3.63) is 29.8 Å². The molecule has 1 aromatic carbocycles. The van der Waals surface area contributed by atoms with Gasteiger partial charge in [-0.3, -0.25) is 19.3 Å². The summed E-state index contributed by atoms with van der Waals surface area (Å²) in [5.74, 6) is 0.103. The molecule has 2 atom stereocenters. The fraction of sp³-hybridized carbons (Fsp3) is 0.591. The Bertz CT molecular complexity index is 989.